The van der Waals surface area contributed by atoms with Crippen molar-refractivity contribution in [3.05, 3.63) is 15.9 Å². The van der Waals surface area contributed by atoms with Crippen LogP contribution in [0.4, 0.5) is 0 Å². The normalized spacial score (nSPS) is 24.0. The maximum atomic E-state index is 11.1. The van der Waals surface area contributed by atoms with E-state index in [1.54, 1.807) is 0 Å². The van der Waals surface area contributed by atoms with Gasteiger partial charge in [0.1, 0.15) is 0 Å². The van der Waals surface area contributed by atoms with E-state index in [0.29, 0.717) is 0 Å². The molecule has 0 saturated carbocycles. The van der Waals surface area contributed by atoms with Crippen molar-refractivity contribution in [1.29, 1.82) is 0 Å². The molecule has 106 valence electrons. The highest BCUT2D eigenvalue weighted by atomic mass is 79.9. The number of aryl methyl sites for hydroxylation is 2. The molecule has 1 fully saturated rings. The van der Waals surface area contributed by atoms with Crippen molar-refractivity contribution < 1.29 is 9.90 Å². The summed E-state index contributed by atoms with van der Waals surface area (Å²) < 4.78 is 2.95. The molecule has 0 bridgehead atoms. The molecule has 2 heterocycles. The molecular formula is C13H20BrN3O2. The standard InChI is InChI=1S/C13H20BrN3O2/c1-4-10-12(14)11(16(3)15-10)7-17-6-5-9(8(17)2)13(18)19/h8-9H,4-7H2,1-3H3,(H,18,19). The van der Waals surface area contributed by atoms with Crippen LogP contribution in [0.2, 0.25) is 0 Å². The quantitative estimate of drug-likeness (QED) is 0.918. The second-order valence-electron chi connectivity index (χ2n) is 5.13. The van der Waals surface area contributed by atoms with Gasteiger partial charge in [-0.3, -0.25) is 14.4 Å². The molecule has 2 rings (SSSR count). The first kappa shape index (κ1) is 14.5. The molecule has 0 aromatic carbocycles. The van der Waals surface area contributed by atoms with Crippen LogP contribution in [0.25, 0.3) is 0 Å². The van der Waals surface area contributed by atoms with Crippen molar-refractivity contribution in [2.24, 2.45) is 13.0 Å². The van der Waals surface area contributed by atoms with Crippen molar-refractivity contribution >= 4 is 21.9 Å². The molecule has 0 spiro atoms. The minimum atomic E-state index is -0.687. The fraction of sp³-hybridized carbons (Fsp3) is 0.692. The molecule has 0 aliphatic carbocycles. The number of carbonyl (C=O) groups is 1. The number of likely N-dealkylation sites (tertiary alicyclic amines) is 1. The molecule has 1 saturated heterocycles. The van der Waals surface area contributed by atoms with Gasteiger partial charge in [0.25, 0.3) is 0 Å². The summed E-state index contributed by atoms with van der Waals surface area (Å²) in [5.41, 5.74) is 2.17. The average molecular weight is 330 g/mol. The fourth-order valence-corrected chi connectivity index (χ4v) is 3.48. The van der Waals surface area contributed by atoms with Gasteiger partial charge >= 0.3 is 5.97 Å². The maximum absolute atomic E-state index is 11.1. The van der Waals surface area contributed by atoms with E-state index in [-0.39, 0.29) is 12.0 Å². The van der Waals surface area contributed by atoms with Gasteiger partial charge in [0.15, 0.2) is 0 Å². The molecule has 6 heteroatoms. The Balaban J connectivity index is 2.14. The van der Waals surface area contributed by atoms with Gasteiger partial charge < -0.3 is 5.11 Å². The fourth-order valence-electron chi connectivity index (χ4n) is 2.74. The zero-order valence-corrected chi connectivity index (χ0v) is 13.1. The molecule has 1 aliphatic rings. The second-order valence-corrected chi connectivity index (χ2v) is 5.92. The average Bonchev–Trinajstić information content (AvgIpc) is 2.85. The summed E-state index contributed by atoms with van der Waals surface area (Å²) in [6.07, 6.45) is 1.62. The second kappa shape index (κ2) is 5.63. The van der Waals surface area contributed by atoms with E-state index < -0.39 is 5.97 Å². The highest BCUT2D eigenvalue weighted by Gasteiger charge is 2.36. The van der Waals surface area contributed by atoms with Crippen molar-refractivity contribution in [2.45, 2.75) is 39.3 Å². The first-order valence-corrected chi connectivity index (χ1v) is 7.42. The maximum Gasteiger partial charge on any atom is 0.308 e. The SMILES string of the molecule is CCc1nn(C)c(CN2CCC(C(=O)O)C2C)c1Br. The third kappa shape index (κ3) is 2.69. The molecule has 0 radical (unpaired) electrons. The van der Waals surface area contributed by atoms with Crippen molar-refractivity contribution in [1.82, 2.24) is 14.7 Å². The van der Waals surface area contributed by atoms with Gasteiger partial charge in [-0.05, 0) is 42.2 Å². The van der Waals surface area contributed by atoms with Gasteiger partial charge in [-0.1, -0.05) is 6.92 Å². The number of carboxylic acids is 1. The van der Waals surface area contributed by atoms with E-state index in [9.17, 15) is 4.79 Å². The smallest absolute Gasteiger partial charge is 0.308 e. The van der Waals surface area contributed by atoms with Crippen molar-refractivity contribution in [3.63, 3.8) is 0 Å². The Bertz CT molecular complexity index is 486. The monoisotopic (exact) mass is 329 g/mol. The minimum absolute atomic E-state index is 0.0735. The summed E-state index contributed by atoms with van der Waals surface area (Å²) in [5, 5.41) is 13.6. The number of rotatable bonds is 4. The zero-order valence-electron chi connectivity index (χ0n) is 11.6. The van der Waals surface area contributed by atoms with E-state index in [4.69, 9.17) is 5.11 Å². The van der Waals surface area contributed by atoms with Crippen LogP contribution in [-0.2, 0) is 24.8 Å². The number of nitrogens with zero attached hydrogens (tertiary/aromatic N) is 3. The van der Waals surface area contributed by atoms with Crippen LogP contribution in [0.1, 0.15) is 31.7 Å². The molecule has 1 N–H and O–H groups in total. The topological polar surface area (TPSA) is 58.4 Å². The molecule has 1 aromatic heterocycles. The van der Waals surface area contributed by atoms with Gasteiger partial charge in [-0.25, -0.2) is 0 Å². The predicted octanol–water partition coefficient (Wildman–Crippen LogP) is 2.04. The molecule has 2 unspecified atom stereocenters. The lowest BCUT2D eigenvalue weighted by Gasteiger charge is -2.23. The number of aromatic nitrogens is 2. The highest BCUT2D eigenvalue weighted by Crippen LogP contribution is 2.29. The Hall–Kier alpha value is -0.880. The summed E-state index contributed by atoms with van der Waals surface area (Å²) in [5.74, 6) is -0.939. The number of carboxylic acid groups (broad SMARTS) is 1. The first-order chi connectivity index (χ1) is 8.95. The van der Waals surface area contributed by atoms with Crippen LogP contribution >= 0.6 is 15.9 Å². The summed E-state index contributed by atoms with van der Waals surface area (Å²) >= 11 is 3.61. The third-order valence-electron chi connectivity index (χ3n) is 4.06. The van der Waals surface area contributed by atoms with E-state index in [1.807, 2.05) is 18.7 Å². The Morgan fingerprint density at radius 3 is 2.74 bits per heavy atom. The summed E-state index contributed by atoms with van der Waals surface area (Å²) in [6.45, 7) is 5.65. The lowest BCUT2D eigenvalue weighted by molar-refractivity contribution is -0.142. The molecule has 0 amide bonds. The third-order valence-corrected chi connectivity index (χ3v) is 4.97. The minimum Gasteiger partial charge on any atom is -0.481 e. The largest absolute Gasteiger partial charge is 0.481 e. The summed E-state index contributed by atoms with van der Waals surface area (Å²) in [6, 6.07) is 0.0735. The van der Waals surface area contributed by atoms with Crippen LogP contribution in [0, 0.1) is 5.92 Å². The van der Waals surface area contributed by atoms with E-state index in [2.05, 4.69) is 32.9 Å². The Kier molecular flexibility index (Phi) is 4.30. The van der Waals surface area contributed by atoms with Crippen LogP contribution in [0.5, 0.6) is 0 Å². The van der Waals surface area contributed by atoms with Gasteiger partial charge in [-0.15, -0.1) is 0 Å². The Morgan fingerprint density at radius 2 is 2.26 bits per heavy atom. The van der Waals surface area contributed by atoms with Gasteiger partial charge in [-0.2, -0.15) is 5.10 Å². The van der Waals surface area contributed by atoms with Crippen LogP contribution in [0.15, 0.2) is 4.47 Å². The van der Waals surface area contributed by atoms with Gasteiger partial charge in [0.05, 0.1) is 21.8 Å². The van der Waals surface area contributed by atoms with Crippen molar-refractivity contribution in [3.8, 4) is 0 Å². The highest BCUT2D eigenvalue weighted by molar-refractivity contribution is 9.10. The zero-order chi connectivity index (χ0) is 14.2. The number of aliphatic carboxylic acids is 1. The summed E-state index contributed by atoms with van der Waals surface area (Å²) in [4.78, 5) is 13.4. The molecular weight excluding hydrogens is 310 g/mol. The van der Waals surface area contributed by atoms with E-state index >= 15 is 0 Å². The van der Waals surface area contributed by atoms with Gasteiger partial charge in [0, 0.05) is 19.6 Å². The lowest BCUT2D eigenvalue weighted by atomic mass is 10.0. The number of halogens is 1. The molecule has 1 aromatic rings. The Morgan fingerprint density at radius 1 is 1.58 bits per heavy atom. The van der Waals surface area contributed by atoms with Crippen LogP contribution in [-0.4, -0.2) is 38.3 Å². The Labute approximate surface area is 121 Å². The number of hydrogen-bond donors (Lipinski definition) is 1. The van der Waals surface area contributed by atoms with Gasteiger partial charge in [0.2, 0.25) is 0 Å². The first-order valence-electron chi connectivity index (χ1n) is 6.62. The molecule has 1 aliphatic heterocycles. The van der Waals surface area contributed by atoms with E-state index in [0.717, 1.165) is 41.8 Å². The summed E-state index contributed by atoms with van der Waals surface area (Å²) in [7, 11) is 1.94. The van der Waals surface area contributed by atoms with Crippen molar-refractivity contribution in [2.75, 3.05) is 6.54 Å². The lowest BCUT2D eigenvalue weighted by Crippen LogP contribution is -2.33. The molecule has 2 atom stereocenters. The predicted molar refractivity (Wildman–Crippen MR) is 75.9 cm³/mol. The molecule has 19 heavy (non-hydrogen) atoms. The molecule has 5 nitrogen and oxygen atoms in total. The number of hydrogen-bond acceptors (Lipinski definition) is 3. The van der Waals surface area contributed by atoms with E-state index in [1.165, 1.54) is 0 Å². The van der Waals surface area contributed by atoms with Crippen LogP contribution in [0.3, 0.4) is 0 Å². The van der Waals surface area contributed by atoms with Crippen LogP contribution < -0.4 is 0 Å².